The van der Waals surface area contributed by atoms with Crippen LogP contribution in [0.15, 0.2) is 42.7 Å². The number of hydrogen-bond acceptors (Lipinski definition) is 2. The Morgan fingerprint density at radius 1 is 1.37 bits per heavy atom. The molecule has 3 rings (SSSR count). The van der Waals surface area contributed by atoms with Gasteiger partial charge < -0.3 is 10.7 Å². The van der Waals surface area contributed by atoms with Gasteiger partial charge in [0.2, 0.25) is 5.91 Å². The number of carbonyl (C=O) groups is 1. The van der Waals surface area contributed by atoms with Gasteiger partial charge in [-0.15, -0.1) is 0 Å². The van der Waals surface area contributed by atoms with Crippen LogP contribution in [0.1, 0.15) is 16.1 Å². The van der Waals surface area contributed by atoms with Crippen molar-refractivity contribution in [1.82, 2.24) is 9.55 Å². The maximum Gasteiger partial charge on any atom is 0.235 e. The highest BCUT2D eigenvalue weighted by atomic mass is 16.2. The lowest BCUT2D eigenvalue weighted by Gasteiger charge is -2.03. The van der Waals surface area contributed by atoms with Crippen LogP contribution in [0.4, 0.5) is 5.69 Å². The van der Waals surface area contributed by atoms with E-state index in [4.69, 9.17) is 5.73 Å². The second kappa shape index (κ2) is 4.31. The lowest BCUT2D eigenvalue weighted by molar-refractivity contribution is 0.0919. The van der Waals surface area contributed by atoms with E-state index in [9.17, 15) is 4.79 Å². The monoisotopic (exact) mass is 253 g/mol. The van der Waals surface area contributed by atoms with Gasteiger partial charge in [-0.2, -0.15) is 0 Å². The van der Waals surface area contributed by atoms with E-state index in [0.29, 0.717) is 12.1 Å². The van der Waals surface area contributed by atoms with Gasteiger partial charge in [-0.3, -0.25) is 9.36 Å². The lowest BCUT2D eigenvalue weighted by atomic mass is 10.2. The zero-order valence-corrected chi connectivity index (χ0v) is 10.7. The number of hydrogen-bond donors (Lipinski definition) is 2. The third-order valence-corrected chi connectivity index (χ3v) is 3.28. The van der Waals surface area contributed by atoms with Crippen LogP contribution in [0, 0.1) is 6.92 Å². The summed E-state index contributed by atoms with van der Waals surface area (Å²) in [5.41, 5.74) is 9.50. The molecule has 4 heteroatoms. The van der Waals surface area contributed by atoms with Gasteiger partial charge in [-0.1, -0.05) is 6.07 Å². The van der Waals surface area contributed by atoms with Crippen LogP contribution in [0.2, 0.25) is 0 Å². The number of nitrogens with one attached hydrogen (secondary N) is 1. The van der Waals surface area contributed by atoms with Crippen molar-refractivity contribution in [2.24, 2.45) is 0 Å². The van der Waals surface area contributed by atoms with E-state index in [1.165, 1.54) is 0 Å². The molecule has 3 aromatic rings. The number of anilines is 1. The van der Waals surface area contributed by atoms with Gasteiger partial charge in [0.05, 0.1) is 11.9 Å². The number of H-pyrrole nitrogens is 1. The summed E-state index contributed by atoms with van der Waals surface area (Å²) in [6.07, 6.45) is 4.03. The third kappa shape index (κ3) is 2.01. The molecule has 0 saturated heterocycles. The van der Waals surface area contributed by atoms with E-state index in [0.717, 1.165) is 22.2 Å². The second-order valence-corrected chi connectivity index (χ2v) is 4.73. The van der Waals surface area contributed by atoms with E-state index < -0.39 is 0 Å². The topological polar surface area (TPSA) is 63.8 Å². The lowest BCUT2D eigenvalue weighted by Crippen LogP contribution is -2.11. The summed E-state index contributed by atoms with van der Waals surface area (Å²) in [7, 11) is 0. The van der Waals surface area contributed by atoms with Gasteiger partial charge in [0.1, 0.15) is 0 Å². The molecule has 0 spiro atoms. The summed E-state index contributed by atoms with van der Waals surface area (Å²) in [6, 6.07) is 9.48. The molecule has 0 saturated carbocycles. The normalized spacial score (nSPS) is 11.0. The van der Waals surface area contributed by atoms with Crippen molar-refractivity contribution in [1.29, 1.82) is 0 Å². The molecular weight excluding hydrogens is 238 g/mol. The molecular formula is C15H15N3O. The number of carbonyl (C=O) groups excluding carboxylic acids is 1. The van der Waals surface area contributed by atoms with Crippen LogP contribution in [-0.2, 0) is 6.42 Å². The summed E-state index contributed by atoms with van der Waals surface area (Å²) >= 11 is 0. The molecule has 0 radical (unpaired) electrons. The van der Waals surface area contributed by atoms with Crippen molar-refractivity contribution in [2.75, 3.05) is 5.73 Å². The molecule has 0 amide bonds. The molecule has 19 heavy (non-hydrogen) atoms. The van der Waals surface area contributed by atoms with Crippen LogP contribution in [0.25, 0.3) is 10.9 Å². The maximum atomic E-state index is 12.3. The Labute approximate surface area is 110 Å². The average molecular weight is 253 g/mol. The highest BCUT2D eigenvalue weighted by Gasteiger charge is 2.11. The second-order valence-electron chi connectivity index (χ2n) is 4.73. The first-order valence-corrected chi connectivity index (χ1v) is 6.18. The minimum absolute atomic E-state index is 0.0413. The number of aryl methyl sites for hydroxylation is 1. The Hall–Kier alpha value is -2.49. The predicted octanol–water partition coefficient (Wildman–Crippen LogP) is 2.74. The number of aromatic amines is 1. The molecule has 0 aliphatic carbocycles. The Morgan fingerprint density at radius 2 is 2.21 bits per heavy atom. The van der Waals surface area contributed by atoms with Crippen LogP contribution in [0.3, 0.4) is 0 Å². The highest BCUT2D eigenvalue weighted by Crippen LogP contribution is 2.22. The smallest absolute Gasteiger partial charge is 0.235 e. The first-order valence-electron chi connectivity index (χ1n) is 6.18. The van der Waals surface area contributed by atoms with Gasteiger partial charge in [-0.25, -0.2) is 0 Å². The van der Waals surface area contributed by atoms with Gasteiger partial charge >= 0.3 is 0 Å². The average Bonchev–Trinajstić information content (AvgIpc) is 2.96. The largest absolute Gasteiger partial charge is 0.398 e. The fourth-order valence-electron chi connectivity index (χ4n) is 2.34. The summed E-state index contributed by atoms with van der Waals surface area (Å²) in [5, 5.41) is 0.918. The number of nitrogens with two attached hydrogens (primary N) is 1. The fraction of sp³-hybridized carbons (Fsp3) is 0.133. The zero-order valence-electron chi connectivity index (χ0n) is 10.7. The van der Waals surface area contributed by atoms with Crippen molar-refractivity contribution in [3.8, 4) is 0 Å². The number of nitrogen functional groups attached to an aromatic ring is 1. The van der Waals surface area contributed by atoms with Crippen LogP contribution in [-0.4, -0.2) is 15.5 Å². The van der Waals surface area contributed by atoms with Gasteiger partial charge in [-0.05, 0) is 36.8 Å². The first-order chi connectivity index (χ1) is 9.15. The molecule has 0 unspecified atom stereocenters. The quantitative estimate of drug-likeness (QED) is 0.690. The Balaban J connectivity index is 1.96. The van der Waals surface area contributed by atoms with E-state index in [1.807, 2.05) is 43.5 Å². The SMILES string of the molecule is Cc1cc(CC(=O)n2ccc3c(N)cccc32)c[nH]1. The minimum atomic E-state index is 0.0413. The van der Waals surface area contributed by atoms with Crippen LogP contribution < -0.4 is 5.73 Å². The predicted molar refractivity (Wildman–Crippen MR) is 76.2 cm³/mol. The Bertz CT molecular complexity index is 752. The summed E-state index contributed by atoms with van der Waals surface area (Å²) < 4.78 is 1.66. The molecule has 0 fully saturated rings. The Kier molecular flexibility index (Phi) is 2.63. The molecule has 2 aromatic heterocycles. The van der Waals surface area contributed by atoms with Gasteiger partial charge in [0, 0.05) is 29.2 Å². The van der Waals surface area contributed by atoms with Crippen molar-refractivity contribution >= 4 is 22.5 Å². The standard InChI is InChI=1S/C15H15N3O/c1-10-7-11(9-17-10)8-15(19)18-6-5-12-13(16)3-2-4-14(12)18/h2-7,9,17H,8,16H2,1H3. The van der Waals surface area contributed by atoms with Gasteiger partial charge in [0.25, 0.3) is 0 Å². The van der Waals surface area contributed by atoms with Crippen LogP contribution in [0.5, 0.6) is 0 Å². The van der Waals surface area contributed by atoms with E-state index >= 15 is 0 Å². The summed E-state index contributed by atoms with van der Waals surface area (Å²) in [4.78, 5) is 15.4. The fourth-order valence-corrected chi connectivity index (χ4v) is 2.34. The number of rotatable bonds is 2. The number of fused-ring (bicyclic) bond motifs is 1. The molecule has 0 atom stereocenters. The molecule has 2 heterocycles. The molecule has 0 aliphatic rings. The van der Waals surface area contributed by atoms with E-state index in [-0.39, 0.29) is 5.91 Å². The molecule has 1 aromatic carbocycles. The third-order valence-electron chi connectivity index (χ3n) is 3.28. The molecule has 0 bridgehead atoms. The van der Waals surface area contributed by atoms with Gasteiger partial charge in [0.15, 0.2) is 0 Å². The molecule has 0 aliphatic heterocycles. The maximum absolute atomic E-state index is 12.3. The summed E-state index contributed by atoms with van der Waals surface area (Å²) in [6.45, 7) is 1.97. The number of benzene rings is 1. The van der Waals surface area contributed by atoms with Crippen molar-refractivity contribution in [3.63, 3.8) is 0 Å². The number of nitrogens with zero attached hydrogens (tertiary/aromatic N) is 1. The highest BCUT2D eigenvalue weighted by molar-refractivity contribution is 5.98. The van der Waals surface area contributed by atoms with Crippen molar-refractivity contribution < 1.29 is 4.79 Å². The first kappa shape index (κ1) is 11.6. The van der Waals surface area contributed by atoms with E-state index in [1.54, 1.807) is 10.8 Å². The zero-order chi connectivity index (χ0) is 13.4. The van der Waals surface area contributed by atoms with Crippen LogP contribution >= 0.6 is 0 Å². The van der Waals surface area contributed by atoms with E-state index in [2.05, 4.69) is 4.98 Å². The van der Waals surface area contributed by atoms with Crippen molar-refractivity contribution in [3.05, 3.63) is 54.0 Å². The number of aromatic nitrogens is 2. The molecule has 3 N–H and O–H groups in total. The summed E-state index contributed by atoms with van der Waals surface area (Å²) in [5.74, 6) is 0.0413. The minimum Gasteiger partial charge on any atom is -0.398 e. The molecule has 4 nitrogen and oxygen atoms in total. The van der Waals surface area contributed by atoms with Crippen molar-refractivity contribution in [2.45, 2.75) is 13.3 Å². The Morgan fingerprint density at radius 3 is 2.95 bits per heavy atom. The molecule has 96 valence electrons.